The lowest BCUT2D eigenvalue weighted by Crippen LogP contribution is -2.07. The molecule has 0 saturated carbocycles. The predicted molar refractivity (Wildman–Crippen MR) is 71.3 cm³/mol. The van der Waals surface area contributed by atoms with Crippen LogP contribution >= 0.6 is 0 Å². The maximum Gasteiger partial charge on any atom is 0.336 e. The molecule has 0 unspecified atom stereocenters. The van der Waals surface area contributed by atoms with E-state index in [0.717, 1.165) is 6.07 Å². The normalized spacial score (nSPS) is 9.68. The minimum Gasteiger partial charge on any atom is -0.478 e. The second kappa shape index (κ2) is 6.40. The van der Waals surface area contributed by atoms with E-state index in [1.54, 1.807) is 6.92 Å². The Balaban J connectivity index is 3.05. The van der Waals surface area contributed by atoms with Gasteiger partial charge in [-0.1, -0.05) is 0 Å². The molecule has 6 nitrogen and oxygen atoms in total. The van der Waals surface area contributed by atoms with E-state index in [-0.39, 0.29) is 11.3 Å². The topological polar surface area (TPSA) is 92.5 Å². The molecule has 1 aromatic carbocycles. The summed E-state index contributed by atoms with van der Waals surface area (Å²) < 4.78 is 0. The predicted octanol–water partition coefficient (Wildman–Crippen LogP) is 2.43. The molecule has 2 N–H and O–H groups in total. The first-order chi connectivity index (χ1) is 8.97. The third-order valence-electron chi connectivity index (χ3n) is 2.64. The monoisotopic (exact) mass is 262 g/mol. The lowest BCUT2D eigenvalue weighted by molar-refractivity contribution is -0.385. The van der Waals surface area contributed by atoms with E-state index in [9.17, 15) is 14.9 Å². The zero-order chi connectivity index (χ0) is 14.4. The summed E-state index contributed by atoms with van der Waals surface area (Å²) in [4.78, 5) is 21.2. The molecular formula is C13H14N2O4. The number of nitrogens with one attached hydrogen (secondary N) is 1. The van der Waals surface area contributed by atoms with Crippen molar-refractivity contribution in [3.05, 3.63) is 33.4 Å². The van der Waals surface area contributed by atoms with E-state index in [1.807, 2.05) is 0 Å². The van der Waals surface area contributed by atoms with Gasteiger partial charge in [-0.05, 0) is 19.4 Å². The van der Waals surface area contributed by atoms with Gasteiger partial charge in [0, 0.05) is 30.3 Å². The van der Waals surface area contributed by atoms with Crippen molar-refractivity contribution in [2.45, 2.75) is 19.8 Å². The molecule has 0 heterocycles. The average Bonchev–Trinajstić information content (AvgIpc) is 2.35. The summed E-state index contributed by atoms with van der Waals surface area (Å²) in [6.07, 6.45) is 6.42. The van der Waals surface area contributed by atoms with Crippen LogP contribution in [-0.4, -0.2) is 22.5 Å². The van der Waals surface area contributed by atoms with E-state index in [4.69, 9.17) is 11.5 Å². The summed E-state index contributed by atoms with van der Waals surface area (Å²) in [5, 5.41) is 22.8. The van der Waals surface area contributed by atoms with Gasteiger partial charge in [0.25, 0.3) is 5.69 Å². The van der Waals surface area contributed by atoms with Crippen LogP contribution in [0.5, 0.6) is 0 Å². The molecule has 0 saturated heterocycles. The quantitative estimate of drug-likeness (QED) is 0.355. The average molecular weight is 262 g/mol. The summed E-state index contributed by atoms with van der Waals surface area (Å²) in [6.45, 7) is 2.11. The lowest BCUT2D eigenvalue weighted by Gasteiger charge is -2.10. The van der Waals surface area contributed by atoms with Gasteiger partial charge in [0.1, 0.15) is 0 Å². The van der Waals surface area contributed by atoms with Crippen LogP contribution in [-0.2, 0) is 0 Å². The van der Waals surface area contributed by atoms with E-state index >= 15 is 0 Å². The Morgan fingerprint density at radius 3 is 2.79 bits per heavy atom. The number of nitro benzene ring substituents is 1. The zero-order valence-electron chi connectivity index (χ0n) is 10.5. The van der Waals surface area contributed by atoms with E-state index in [0.29, 0.717) is 30.6 Å². The van der Waals surface area contributed by atoms with Gasteiger partial charge in [0.05, 0.1) is 10.5 Å². The Morgan fingerprint density at radius 1 is 1.58 bits per heavy atom. The number of hydrogen-bond donors (Lipinski definition) is 2. The van der Waals surface area contributed by atoms with Gasteiger partial charge in [-0.15, -0.1) is 12.3 Å². The highest BCUT2D eigenvalue weighted by molar-refractivity contribution is 5.90. The fourth-order valence-corrected chi connectivity index (χ4v) is 1.61. The number of unbranched alkanes of at least 4 members (excludes halogenated alkanes) is 1. The number of carbonyl (C=O) groups is 1. The van der Waals surface area contributed by atoms with Crippen LogP contribution < -0.4 is 5.32 Å². The number of anilines is 1. The molecule has 0 spiro atoms. The van der Waals surface area contributed by atoms with Crippen LogP contribution in [0.4, 0.5) is 11.4 Å². The number of hydrogen-bond acceptors (Lipinski definition) is 4. The third-order valence-corrected chi connectivity index (χ3v) is 2.64. The van der Waals surface area contributed by atoms with Gasteiger partial charge < -0.3 is 10.4 Å². The largest absolute Gasteiger partial charge is 0.478 e. The number of rotatable bonds is 6. The zero-order valence-corrected chi connectivity index (χ0v) is 10.5. The van der Waals surface area contributed by atoms with Crippen molar-refractivity contribution >= 4 is 17.3 Å². The molecule has 0 aliphatic heterocycles. The number of terminal acetylenes is 1. The fourth-order valence-electron chi connectivity index (χ4n) is 1.61. The van der Waals surface area contributed by atoms with Crippen molar-refractivity contribution < 1.29 is 14.8 Å². The molecule has 1 rings (SSSR count). The van der Waals surface area contributed by atoms with Crippen LogP contribution in [0.15, 0.2) is 12.1 Å². The summed E-state index contributed by atoms with van der Waals surface area (Å²) in [6, 6.07) is 2.45. The molecule has 19 heavy (non-hydrogen) atoms. The van der Waals surface area contributed by atoms with Crippen molar-refractivity contribution in [3.63, 3.8) is 0 Å². The standard InChI is InChI=1S/C13H14N2O4/c1-3-4-5-6-14-11-7-10(13(16)17)8-12(9(11)2)15(18)19/h1,7-8,14H,4-6H2,2H3,(H,16,17). The number of carboxylic acid groups (broad SMARTS) is 1. The molecule has 0 aromatic heterocycles. The minimum atomic E-state index is -1.20. The van der Waals surface area contributed by atoms with Crippen LogP contribution in [0.25, 0.3) is 0 Å². The molecule has 0 atom stereocenters. The number of carboxylic acids is 1. The second-order valence-corrected chi connectivity index (χ2v) is 3.96. The molecule has 0 bridgehead atoms. The highest BCUT2D eigenvalue weighted by Gasteiger charge is 2.18. The number of nitro groups is 1. The number of aromatic carboxylic acids is 1. The van der Waals surface area contributed by atoms with Gasteiger partial charge in [-0.3, -0.25) is 10.1 Å². The molecule has 0 aliphatic carbocycles. The summed E-state index contributed by atoms with van der Waals surface area (Å²) in [7, 11) is 0. The first-order valence-corrected chi connectivity index (χ1v) is 5.67. The molecule has 100 valence electrons. The highest BCUT2D eigenvalue weighted by Crippen LogP contribution is 2.27. The molecular weight excluding hydrogens is 248 g/mol. The molecule has 0 radical (unpaired) electrons. The minimum absolute atomic E-state index is 0.114. The first-order valence-electron chi connectivity index (χ1n) is 5.67. The Morgan fingerprint density at radius 2 is 2.26 bits per heavy atom. The molecule has 6 heteroatoms. The Kier molecular flexibility index (Phi) is 4.89. The molecule has 0 fully saturated rings. The molecule has 0 amide bonds. The van der Waals surface area contributed by atoms with Gasteiger partial charge >= 0.3 is 5.97 Å². The summed E-state index contributed by atoms with van der Waals surface area (Å²) in [5.74, 6) is 1.29. The maximum atomic E-state index is 10.9. The van der Waals surface area contributed by atoms with E-state index in [2.05, 4.69) is 11.2 Å². The number of nitrogens with zero attached hydrogens (tertiary/aromatic N) is 1. The maximum absolute atomic E-state index is 10.9. The summed E-state index contributed by atoms with van der Waals surface area (Å²) in [5.41, 5.74) is 0.537. The van der Waals surface area contributed by atoms with Gasteiger partial charge in [0.2, 0.25) is 0 Å². The van der Waals surface area contributed by atoms with Crippen LogP contribution in [0, 0.1) is 29.4 Å². The highest BCUT2D eigenvalue weighted by atomic mass is 16.6. The van der Waals surface area contributed by atoms with Crippen molar-refractivity contribution in [3.8, 4) is 12.3 Å². The Hall–Kier alpha value is -2.55. The van der Waals surface area contributed by atoms with Crippen molar-refractivity contribution in [2.75, 3.05) is 11.9 Å². The van der Waals surface area contributed by atoms with Crippen molar-refractivity contribution in [1.29, 1.82) is 0 Å². The van der Waals surface area contributed by atoms with Crippen LogP contribution in [0.1, 0.15) is 28.8 Å². The van der Waals surface area contributed by atoms with Gasteiger partial charge in [-0.2, -0.15) is 0 Å². The second-order valence-electron chi connectivity index (χ2n) is 3.96. The Labute approximate surface area is 110 Å². The smallest absolute Gasteiger partial charge is 0.336 e. The van der Waals surface area contributed by atoms with Crippen molar-refractivity contribution in [1.82, 2.24) is 0 Å². The SMILES string of the molecule is C#CCCCNc1cc(C(=O)O)cc([N+](=O)[O-])c1C. The van der Waals surface area contributed by atoms with Gasteiger partial charge in [-0.25, -0.2) is 4.79 Å². The Bertz CT molecular complexity index is 546. The number of benzene rings is 1. The third kappa shape index (κ3) is 3.71. The van der Waals surface area contributed by atoms with Gasteiger partial charge in [0.15, 0.2) is 0 Å². The van der Waals surface area contributed by atoms with E-state index in [1.165, 1.54) is 6.07 Å². The van der Waals surface area contributed by atoms with E-state index < -0.39 is 10.9 Å². The fraction of sp³-hybridized carbons (Fsp3) is 0.308. The molecule has 1 aromatic rings. The van der Waals surface area contributed by atoms with Crippen molar-refractivity contribution in [2.24, 2.45) is 0 Å². The lowest BCUT2D eigenvalue weighted by atomic mass is 10.1. The van der Waals surface area contributed by atoms with Crippen LogP contribution in [0.3, 0.4) is 0 Å². The molecule has 0 aliphatic rings. The first kappa shape index (κ1) is 14.5. The summed E-state index contributed by atoms with van der Waals surface area (Å²) >= 11 is 0. The van der Waals surface area contributed by atoms with Crippen LogP contribution in [0.2, 0.25) is 0 Å².